The van der Waals surface area contributed by atoms with Crippen molar-refractivity contribution in [2.45, 2.75) is 51.0 Å². The molecule has 0 fully saturated rings. The molecule has 6 nitrogen and oxygen atoms in total. The van der Waals surface area contributed by atoms with Gasteiger partial charge in [-0.05, 0) is 36.6 Å². The van der Waals surface area contributed by atoms with Crippen molar-refractivity contribution in [2.24, 2.45) is 5.92 Å². The first kappa shape index (κ1) is 20.2. The SMILES string of the molecule is CCCCS(=O)(=O)c1ccc(C(=O)NC(C(=O)O)C(C)CC)cc1. The standard InChI is InChI=1S/C17H25NO5S/c1-4-6-11-24(22,23)14-9-7-13(8-10-14)16(19)18-15(17(20)21)12(3)5-2/h7-10,12,15H,4-6,11H2,1-3H3,(H,18,19)(H,20,21). The summed E-state index contributed by atoms with van der Waals surface area (Å²) < 4.78 is 24.2. The zero-order chi connectivity index (χ0) is 18.3. The molecule has 0 radical (unpaired) electrons. The molecule has 7 heteroatoms. The van der Waals surface area contributed by atoms with Gasteiger partial charge in [-0.15, -0.1) is 0 Å². The molecule has 134 valence electrons. The predicted octanol–water partition coefficient (Wildman–Crippen LogP) is 2.49. The highest BCUT2D eigenvalue weighted by Crippen LogP contribution is 2.15. The van der Waals surface area contributed by atoms with Crippen molar-refractivity contribution in [1.29, 1.82) is 0 Å². The van der Waals surface area contributed by atoms with E-state index in [9.17, 15) is 23.1 Å². The molecule has 0 aromatic heterocycles. The molecule has 2 unspecified atom stereocenters. The minimum absolute atomic E-state index is 0.0736. The van der Waals surface area contributed by atoms with Crippen LogP contribution >= 0.6 is 0 Å². The highest BCUT2D eigenvalue weighted by atomic mass is 32.2. The average Bonchev–Trinajstić information content (AvgIpc) is 2.56. The monoisotopic (exact) mass is 355 g/mol. The van der Waals surface area contributed by atoms with E-state index >= 15 is 0 Å². The van der Waals surface area contributed by atoms with E-state index in [-0.39, 0.29) is 22.1 Å². The molecular weight excluding hydrogens is 330 g/mol. The molecule has 0 aliphatic carbocycles. The molecule has 0 saturated carbocycles. The van der Waals surface area contributed by atoms with Gasteiger partial charge in [0, 0.05) is 5.56 Å². The van der Waals surface area contributed by atoms with E-state index < -0.39 is 27.8 Å². The number of hydrogen-bond donors (Lipinski definition) is 2. The fraction of sp³-hybridized carbons (Fsp3) is 0.529. The molecule has 0 heterocycles. The molecule has 0 aliphatic heterocycles. The fourth-order valence-corrected chi connectivity index (χ4v) is 3.63. The van der Waals surface area contributed by atoms with Crippen LogP contribution in [0.5, 0.6) is 0 Å². The lowest BCUT2D eigenvalue weighted by Crippen LogP contribution is -2.45. The van der Waals surface area contributed by atoms with E-state index in [1.807, 2.05) is 13.8 Å². The summed E-state index contributed by atoms with van der Waals surface area (Å²) in [6, 6.07) is 4.61. The number of sulfone groups is 1. The van der Waals surface area contributed by atoms with Gasteiger partial charge in [-0.3, -0.25) is 4.79 Å². The molecule has 1 rings (SSSR count). The van der Waals surface area contributed by atoms with Crippen LogP contribution in [0.15, 0.2) is 29.2 Å². The van der Waals surface area contributed by atoms with Crippen molar-refractivity contribution in [2.75, 3.05) is 5.75 Å². The van der Waals surface area contributed by atoms with Crippen LogP contribution in [0.2, 0.25) is 0 Å². The molecule has 2 N–H and O–H groups in total. The molecule has 1 aromatic carbocycles. The highest BCUT2D eigenvalue weighted by Gasteiger charge is 2.25. The van der Waals surface area contributed by atoms with Gasteiger partial charge in [0.2, 0.25) is 0 Å². The lowest BCUT2D eigenvalue weighted by Gasteiger charge is -2.20. The van der Waals surface area contributed by atoms with Gasteiger partial charge in [-0.1, -0.05) is 33.6 Å². The fourth-order valence-electron chi connectivity index (χ4n) is 2.17. The number of carboxylic acid groups (broad SMARTS) is 1. The van der Waals surface area contributed by atoms with Crippen molar-refractivity contribution < 1.29 is 23.1 Å². The maximum atomic E-state index is 12.2. The van der Waals surface area contributed by atoms with Crippen LogP contribution in [0.25, 0.3) is 0 Å². The van der Waals surface area contributed by atoms with Crippen LogP contribution < -0.4 is 5.32 Å². The average molecular weight is 355 g/mol. The molecule has 0 saturated heterocycles. The quantitative estimate of drug-likeness (QED) is 0.709. The Balaban J connectivity index is 2.88. The normalized spacial score (nSPS) is 14.0. The van der Waals surface area contributed by atoms with Gasteiger partial charge in [0.05, 0.1) is 10.6 Å². The van der Waals surface area contributed by atoms with Crippen LogP contribution in [-0.2, 0) is 14.6 Å². The summed E-state index contributed by atoms with van der Waals surface area (Å²) in [7, 11) is -3.34. The number of amides is 1. The Bertz CT molecular complexity index is 667. The first-order chi connectivity index (χ1) is 11.2. The second kappa shape index (κ2) is 8.82. The van der Waals surface area contributed by atoms with Gasteiger partial charge in [-0.25, -0.2) is 13.2 Å². The maximum absolute atomic E-state index is 12.2. The van der Waals surface area contributed by atoms with Gasteiger partial charge < -0.3 is 10.4 Å². The van der Waals surface area contributed by atoms with Gasteiger partial charge >= 0.3 is 5.97 Å². The van der Waals surface area contributed by atoms with Crippen molar-refractivity contribution in [3.8, 4) is 0 Å². The Labute approximate surface area is 143 Å². The smallest absolute Gasteiger partial charge is 0.326 e. The second-order valence-electron chi connectivity index (χ2n) is 5.87. The second-order valence-corrected chi connectivity index (χ2v) is 7.98. The molecular formula is C17H25NO5S. The number of unbranched alkanes of at least 4 members (excludes halogenated alkanes) is 1. The van der Waals surface area contributed by atoms with E-state index in [4.69, 9.17) is 0 Å². The minimum Gasteiger partial charge on any atom is -0.480 e. The van der Waals surface area contributed by atoms with Crippen LogP contribution in [0.1, 0.15) is 50.4 Å². The Morgan fingerprint density at radius 3 is 2.21 bits per heavy atom. The zero-order valence-electron chi connectivity index (χ0n) is 14.3. The third-order valence-electron chi connectivity index (χ3n) is 4.01. The summed E-state index contributed by atoms with van der Waals surface area (Å²) in [5, 5.41) is 11.7. The summed E-state index contributed by atoms with van der Waals surface area (Å²) >= 11 is 0. The third-order valence-corrected chi connectivity index (χ3v) is 5.82. The molecule has 0 spiro atoms. The summed E-state index contributed by atoms with van der Waals surface area (Å²) in [6.07, 6.45) is 1.98. The first-order valence-corrected chi connectivity index (χ1v) is 9.74. The number of nitrogens with one attached hydrogen (secondary N) is 1. The van der Waals surface area contributed by atoms with Crippen molar-refractivity contribution >= 4 is 21.7 Å². The Kier molecular flexibility index (Phi) is 7.41. The molecule has 1 amide bonds. The van der Waals surface area contributed by atoms with Crippen molar-refractivity contribution in [3.63, 3.8) is 0 Å². The summed E-state index contributed by atoms with van der Waals surface area (Å²) in [6.45, 7) is 5.52. The van der Waals surface area contributed by atoms with Crippen LogP contribution in [-0.4, -0.2) is 37.2 Å². The minimum atomic E-state index is -3.34. The van der Waals surface area contributed by atoms with E-state index in [1.165, 1.54) is 24.3 Å². The van der Waals surface area contributed by atoms with Gasteiger partial charge in [-0.2, -0.15) is 0 Å². The Morgan fingerprint density at radius 1 is 1.17 bits per heavy atom. The van der Waals surface area contributed by atoms with E-state index in [0.717, 1.165) is 6.42 Å². The predicted molar refractivity (Wildman–Crippen MR) is 91.7 cm³/mol. The number of carbonyl (C=O) groups is 2. The maximum Gasteiger partial charge on any atom is 0.326 e. The molecule has 24 heavy (non-hydrogen) atoms. The van der Waals surface area contributed by atoms with Crippen LogP contribution in [0, 0.1) is 5.92 Å². The summed E-state index contributed by atoms with van der Waals surface area (Å²) in [4.78, 5) is 23.6. The van der Waals surface area contributed by atoms with E-state index in [1.54, 1.807) is 6.92 Å². The summed E-state index contributed by atoms with van der Waals surface area (Å²) in [5.41, 5.74) is 0.235. The largest absolute Gasteiger partial charge is 0.480 e. The Morgan fingerprint density at radius 2 is 1.75 bits per heavy atom. The van der Waals surface area contributed by atoms with Crippen LogP contribution in [0.3, 0.4) is 0 Å². The van der Waals surface area contributed by atoms with E-state index in [0.29, 0.717) is 12.8 Å². The summed E-state index contributed by atoms with van der Waals surface area (Å²) in [5.74, 6) is -1.75. The highest BCUT2D eigenvalue weighted by molar-refractivity contribution is 7.91. The molecule has 2 atom stereocenters. The molecule has 0 bridgehead atoms. The topological polar surface area (TPSA) is 101 Å². The molecule has 0 aliphatic rings. The van der Waals surface area contributed by atoms with Crippen LogP contribution in [0.4, 0.5) is 0 Å². The number of carbonyl (C=O) groups excluding carboxylic acids is 1. The van der Waals surface area contributed by atoms with Crippen molar-refractivity contribution in [3.05, 3.63) is 29.8 Å². The third kappa shape index (κ3) is 5.33. The number of hydrogen-bond acceptors (Lipinski definition) is 4. The van der Waals surface area contributed by atoms with E-state index in [2.05, 4.69) is 5.32 Å². The molecule has 1 aromatic rings. The van der Waals surface area contributed by atoms with Gasteiger partial charge in [0.15, 0.2) is 9.84 Å². The van der Waals surface area contributed by atoms with Gasteiger partial charge in [0.1, 0.15) is 6.04 Å². The lowest BCUT2D eigenvalue weighted by atomic mass is 9.99. The van der Waals surface area contributed by atoms with Gasteiger partial charge in [0.25, 0.3) is 5.91 Å². The Hall–Kier alpha value is -1.89. The lowest BCUT2D eigenvalue weighted by molar-refractivity contribution is -0.140. The number of carboxylic acids is 1. The number of benzene rings is 1. The first-order valence-electron chi connectivity index (χ1n) is 8.09. The zero-order valence-corrected chi connectivity index (χ0v) is 15.1. The number of rotatable bonds is 9. The number of aliphatic carboxylic acids is 1. The van der Waals surface area contributed by atoms with Crippen molar-refractivity contribution in [1.82, 2.24) is 5.32 Å².